The van der Waals surface area contributed by atoms with E-state index in [9.17, 15) is 24.0 Å². The normalized spacial score (nSPS) is 12.1. The minimum atomic E-state index is -2.02. The van der Waals surface area contributed by atoms with Gasteiger partial charge in [0.25, 0.3) is 0 Å². The van der Waals surface area contributed by atoms with Crippen molar-refractivity contribution in [1.82, 2.24) is 10.6 Å². The summed E-state index contributed by atoms with van der Waals surface area (Å²) in [6, 6.07) is 29.7. The molecule has 2 atom stereocenters. The van der Waals surface area contributed by atoms with Crippen LogP contribution < -0.4 is 43.5 Å². The maximum atomic E-state index is 13.1. The van der Waals surface area contributed by atoms with E-state index in [1.807, 2.05) is 18.2 Å². The Bertz CT molecular complexity index is 1400. The van der Waals surface area contributed by atoms with Crippen LogP contribution in [0, 0.1) is 0 Å². The lowest BCUT2D eigenvalue weighted by Gasteiger charge is -2.27. The maximum absolute atomic E-state index is 13.1. The summed E-state index contributed by atoms with van der Waals surface area (Å²) in [5.74, 6) is -2.18. The zero-order chi connectivity index (χ0) is 35.5. The molecule has 0 unspecified atom stereocenters. The molecule has 0 aliphatic carbocycles. The number of halogens is 1. The molecule has 3 aromatic carbocycles. The molecule has 0 radical (unpaired) electrons. The zero-order valence-corrected chi connectivity index (χ0v) is 32.1. The number of hydrogen-bond donors (Lipinski definition) is 3. The molecule has 0 saturated heterocycles. The average Bonchev–Trinajstić information content (AvgIpc) is 3.12. The van der Waals surface area contributed by atoms with Gasteiger partial charge >= 0.3 is 11.9 Å². The van der Waals surface area contributed by atoms with Crippen LogP contribution in [0.5, 0.6) is 0 Å². The van der Waals surface area contributed by atoms with Crippen LogP contribution in [0.4, 0.5) is 0 Å². The molecule has 2 amide bonds. The monoisotopic (exact) mass is 786 g/mol. The van der Waals surface area contributed by atoms with Crippen molar-refractivity contribution in [2.24, 2.45) is 0 Å². The predicted octanol–water partition coefficient (Wildman–Crippen LogP) is 1.31. The molecule has 3 aromatic rings. The van der Waals surface area contributed by atoms with Crippen LogP contribution >= 0.6 is 19.9 Å². The number of carbonyl (C=O) groups excluding carboxylic acids is 5. The van der Waals surface area contributed by atoms with Crippen molar-refractivity contribution in [3.05, 3.63) is 91.0 Å². The molecule has 0 heterocycles. The molecule has 270 valence electrons. The fourth-order valence-electron chi connectivity index (χ4n) is 5.68. The number of benzene rings is 3. The van der Waals surface area contributed by atoms with Gasteiger partial charge in [-0.3, -0.25) is 19.2 Å². The summed E-state index contributed by atoms with van der Waals surface area (Å²) in [7, 11) is -2.02. The molecule has 0 saturated carbocycles. The first-order valence-corrected chi connectivity index (χ1v) is 19.4. The number of unbranched alkanes of at least 4 members (excludes halogenated alkanes) is 1. The van der Waals surface area contributed by atoms with E-state index >= 15 is 0 Å². The van der Waals surface area contributed by atoms with Crippen LogP contribution in [-0.4, -0.2) is 66.7 Å². The van der Waals surface area contributed by atoms with Gasteiger partial charge in [0.15, 0.2) is 5.78 Å². The number of carbonyl (C=O) groups is 5. The van der Waals surface area contributed by atoms with Crippen LogP contribution in [0.1, 0.15) is 58.8 Å². The van der Waals surface area contributed by atoms with Gasteiger partial charge in [-0.25, -0.2) is 4.79 Å². The number of nitrogens with one attached hydrogen (secondary N) is 2. The van der Waals surface area contributed by atoms with Gasteiger partial charge < -0.3 is 37.1 Å². The summed E-state index contributed by atoms with van der Waals surface area (Å²) in [4.78, 5) is 62.7. The van der Waals surface area contributed by atoms with E-state index in [1.165, 1.54) is 15.9 Å². The molecular weight excluding hydrogens is 739 g/mol. The van der Waals surface area contributed by atoms with Crippen LogP contribution in [0.3, 0.4) is 0 Å². The molecule has 50 heavy (non-hydrogen) atoms. The number of rotatable bonds is 21. The van der Waals surface area contributed by atoms with Crippen molar-refractivity contribution >= 4 is 65.3 Å². The smallest absolute Gasteiger partial charge is 0.328 e. The highest BCUT2D eigenvalue weighted by Crippen LogP contribution is 2.55. The number of hydrogen-bond acceptors (Lipinski definition) is 8. The van der Waals surface area contributed by atoms with Gasteiger partial charge in [0.05, 0.1) is 31.8 Å². The number of amides is 2. The summed E-state index contributed by atoms with van der Waals surface area (Å²) in [6.45, 7) is 3.69. The first-order valence-electron chi connectivity index (χ1n) is 16.8. The summed E-state index contributed by atoms with van der Waals surface area (Å²) < 4.78 is 10.0. The van der Waals surface area contributed by atoms with Crippen molar-refractivity contribution in [2.75, 3.05) is 25.1 Å². The topological polar surface area (TPSA) is 128 Å². The number of ketones is 1. The van der Waals surface area contributed by atoms with E-state index in [2.05, 4.69) is 96.1 Å². The highest BCUT2D eigenvalue weighted by atomic mass is 79.9. The van der Waals surface area contributed by atoms with Gasteiger partial charge in [0, 0.05) is 25.0 Å². The third-order valence-electron chi connectivity index (χ3n) is 8.09. The minimum Gasteiger partial charge on any atom is -1.00 e. The Balaban J connectivity index is 0.00000867. The predicted molar refractivity (Wildman–Crippen MR) is 198 cm³/mol. The second-order valence-corrected chi connectivity index (χ2v) is 15.5. The third-order valence-corrected chi connectivity index (χ3v) is 13.0. The van der Waals surface area contributed by atoms with Crippen LogP contribution in [-0.2, 0) is 33.4 Å². The fourth-order valence-corrected chi connectivity index (χ4v) is 10.4. The van der Waals surface area contributed by atoms with Gasteiger partial charge in [0.1, 0.15) is 29.2 Å². The molecule has 12 heteroatoms. The standard InChI is InChI=1S/C38H47N2O7PS.BrH/c1-3-46-37(44)26-24-34(41)33(28-49)40-36(43)25-23-32(38(45)47-4-2)39-35(42)22-14-15-27-48(29-16-8-5-9-17-29,30-18-10-6-11-19-30)31-20-12-7-13-21-31;/h5-13,16-21,32-33H,3-4,14-15,22-28H2,1-2H3,(H2-,39,40,42,43,49);1H/t32-,33-;/m0./s1. The lowest BCUT2D eigenvalue weighted by molar-refractivity contribution is -0.147. The molecule has 3 rings (SSSR count). The van der Waals surface area contributed by atoms with Gasteiger partial charge in [-0.05, 0) is 69.5 Å². The van der Waals surface area contributed by atoms with E-state index in [1.54, 1.807) is 13.8 Å². The SMILES string of the molecule is CCOC(=O)CCC(=O)[C@H](CS)NC(=O)CC[C@H](NC(=O)CCCC[P+](c1ccccc1)(c1ccccc1)c1ccccc1)C(=O)OCC.[Br-]. The summed E-state index contributed by atoms with van der Waals surface area (Å²) in [5, 5.41) is 9.21. The first kappa shape index (κ1) is 42.6. The molecule has 0 aliphatic rings. The quantitative estimate of drug-likeness (QED) is 0.0644. The summed E-state index contributed by atoms with van der Waals surface area (Å²) >= 11 is 4.17. The van der Waals surface area contributed by atoms with Crippen molar-refractivity contribution in [3.8, 4) is 0 Å². The van der Waals surface area contributed by atoms with Gasteiger partial charge in [-0.15, -0.1) is 0 Å². The Morgan fingerprint density at radius 1 is 0.640 bits per heavy atom. The third kappa shape index (κ3) is 13.0. The highest BCUT2D eigenvalue weighted by molar-refractivity contribution is 7.95. The lowest BCUT2D eigenvalue weighted by atomic mass is 10.1. The number of Topliss-reactive ketones (excluding diaryl/α,β-unsaturated/α-hetero) is 1. The van der Waals surface area contributed by atoms with Crippen LogP contribution in [0.15, 0.2) is 91.0 Å². The molecule has 2 N–H and O–H groups in total. The van der Waals surface area contributed by atoms with Gasteiger partial charge in [0.2, 0.25) is 11.8 Å². The van der Waals surface area contributed by atoms with Crippen molar-refractivity contribution in [2.45, 2.75) is 70.9 Å². The molecule has 0 aliphatic heterocycles. The lowest BCUT2D eigenvalue weighted by Crippen LogP contribution is -3.00. The van der Waals surface area contributed by atoms with Gasteiger partial charge in [-0.1, -0.05) is 54.6 Å². The van der Waals surface area contributed by atoms with E-state index in [0.717, 1.165) is 12.6 Å². The van der Waals surface area contributed by atoms with Crippen molar-refractivity contribution in [3.63, 3.8) is 0 Å². The molecule has 0 fully saturated rings. The van der Waals surface area contributed by atoms with Crippen LogP contribution in [0.25, 0.3) is 0 Å². The number of thiol groups is 1. The number of esters is 2. The van der Waals surface area contributed by atoms with E-state index in [-0.39, 0.29) is 79.7 Å². The largest absolute Gasteiger partial charge is 1.00 e. The fraction of sp³-hybridized carbons (Fsp3) is 0.395. The van der Waals surface area contributed by atoms with E-state index in [4.69, 9.17) is 9.47 Å². The molecule has 0 bridgehead atoms. The Hall–Kier alpha value is -3.53. The molecule has 9 nitrogen and oxygen atoms in total. The van der Waals surface area contributed by atoms with E-state index in [0.29, 0.717) is 6.42 Å². The van der Waals surface area contributed by atoms with Crippen molar-refractivity contribution < 1.29 is 50.4 Å². The Morgan fingerprint density at radius 3 is 1.60 bits per heavy atom. The van der Waals surface area contributed by atoms with Crippen molar-refractivity contribution in [1.29, 1.82) is 0 Å². The summed E-state index contributed by atoms with van der Waals surface area (Å²) in [5.41, 5.74) is 0. The highest BCUT2D eigenvalue weighted by Gasteiger charge is 2.44. The second-order valence-electron chi connectivity index (χ2n) is 11.5. The number of ether oxygens (including phenoxy) is 2. The molecular formula is C38H48BrN2O7PS. The minimum absolute atomic E-state index is 0. The van der Waals surface area contributed by atoms with E-state index < -0.39 is 37.2 Å². The first-order chi connectivity index (χ1) is 23.7. The second kappa shape index (κ2) is 23.0. The Morgan fingerprint density at radius 2 is 1.12 bits per heavy atom. The average molecular weight is 788 g/mol. The Labute approximate surface area is 312 Å². The van der Waals surface area contributed by atoms with Gasteiger partial charge in [-0.2, -0.15) is 12.6 Å². The van der Waals surface area contributed by atoms with Crippen LogP contribution in [0.2, 0.25) is 0 Å². The maximum Gasteiger partial charge on any atom is 0.328 e. The molecule has 0 aromatic heterocycles. The Kier molecular flexibility index (Phi) is 19.6. The molecule has 0 spiro atoms. The zero-order valence-electron chi connectivity index (χ0n) is 28.7. The summed E-state index contributed by atoms with van der Waals surface area (Å²) in [6.07, 6.45) is 2.15.